The van der Waals surface area contributed by atoms with Crippen LogP contribution in [-0.4, -0.2) is 66.8 Å². The predicted molar refractivity (Wildman–Crippen MR) is 126 cm³/mol. The maximum atomic E-state index is 14.6. The van der Waals surface area contributed by atoms with Crippen molar-refractivity contribution in [2.24, 2.45) is 5.92 Å². The van der Waals surface area contributed by atoms with Gasteiger partial charge in [0.2, 0.25) is 0 Å². The number of ether oxygens (including phenoxy) is 1. The van der Waals surface area contributed by atoms with Crippen LogP contribution >= 0.6 is 37.4 Å². The number of rotatable bonds is 6. The Hall–Kier alpha value is -0.630. The third kappa shape index (κ3) is 6.21. The van der Waals surface area contributed by atoms with Gasteiger partial charge in [0, 0.05) is 49.5 Å². The van der Waals surface area contributed by atoms with E-state index < -0.39 is 6.04 Å². The summed E-state index contributed by atoms with van der Waals surface area (Å²) in [5, 5.41) is 0.203. The van der Waals surface area contributed by atoms with Gasteiger partial charge in [-0.3, -0.25) is 14.6 Å². The fourth-order valence-corrected chi connectivity index (χ4v) is 4.46. The first kappa shape index (κ1) is 25.6. The van der Waals surface area contributed by atoms with Crippen LogP contribution < -0.4 is 0 Å². The lowest BCUT2D eigenvalue weighted by Gasteiger charge is -2.38. The molecule has 0 amide bonds. The molecule has 3 aliphatic rings. The molecule has 4 nitrogen and oxygen atoms in total. The van der Waals surface area contributed by atoms with Gasteiger partial charge >= 0.3 is 0 Å². The lowest BCUT2D eigenvalue weighted by atomic mass is 9.93. The van der Waals surface area contributed by atoms with Crippen molar-refractivity contribution < 1.29 is 13.9 Å². The fourth-order valence-electron chi connectivity index (χ4n) is 4.16. The second-order valence-electron chi connectivity index (χ2n) is 8.07. The van der Waals surface area contributed by atoms with Crippen molar-refractivity contribution >= 4 is 43.2 Å². The molecular weight excluding hydrogens is 446 g/mol. The van der Waals surface area contributed by atoms with Gasteiger partial charge < -0.3 is 4.74 Å². The van der Waals surface area contributed by atoms with Gasteiger partial charge in [0.25, 0.3) is 0 Å². The number of piperidine rings is 1. The van der Waals surface area contributed by atoms with E-state index in [0.29, 0.717) is 12.1 Å². The van der Waals surface area contributed by atoms with E-state index in [2.05, 4.69) is 15.9 Å². The van der Waals surface area contributed by atoms with Gasteiger partial charge in [-0.05, 0) is 30.9 Å². The van der Waals surface area contributed by atoms with Crippen LogP contribution in [0, 0.1) is 11.7 Å². The molecule has 30 heavy (non-hydrogen) atoms. The molecule has 0 bridgehead atoms. The Morgan fingerprint density at radius 3 is 2.53 bits per heavy atom. The number of likely N-dealkylation sites (tertiary alicyclic amines) is 1. The van der Waals surface area contributed by atoms with Gasteiger partial charge in [-0.15, -0.1) is 24.8 Å². The highest BCUT2D eigenvalue weighted by atomic mass is 35.5. The molecule has 4 rings (SSSR count). The SMILES string of the molecule is Cl.Cl.O=C(C1CC1)C(c1ccccc1F)N1CCC(S)/C(=C/CN2CCOCC2)C1. The van der Waals surface area contributed by atoms with Gasteiger partial charge in [0.15, 0.2) is 5.78 Å². The zero-order valence-electron chi connectivity index (χ0n) is 17.0. The van der Waals surface area contributed by atoms with Gasteiger partial charge in [-0.1, -0.05) is 24.3 Å². The molecule has 1 aliphatic carbocycles. The summed E-state index contributed by atoms with van der Waals surface area (Å²) in [6, 6.07) is 6.26. The van der Waals surface area contributed by atoms with Crippen LogP contribution in [-0.2, 0) is 9.53 Å². The van der Waals surface area contributed by atoms with Gasteiger partial charge in [0.1, 0.15) is 5.82 Å². The van der Waals surface area contributed by atoms with E-state index in [1.165, 1.54) is 11.6 Å². The Morgan fingerprint density at radius 2 is 1.87 bits per heavy atom. The standard InChI is InChI=1S/C22H29FN2O2S.2ClH/c23-19-4-2-1-3-18(19)21(22(26)16-5-6-16)25-10-8-20(28)17(15-25)7-9-24-11-13-27-14-12-24;;/h1-4,7,16,20-21,28H,5-6,8-15H2;2*1H/b17-7+;;. The molecule has 2 atom stereocenters. The number of carbonyl (C=O) groups is 1. The quantitative estimate of drug-likeness (QED) is 0.497. The Morgan fingerprint density at radius 1 is 1.17 bits per heavy atom. The monoisotopic (exact) mass is 476 g/mol. The van der Waals surface area contributed by atoms with E-state index >= 15 is 0 Å². The Balaban J connectivity index is 0.00000160. The van der Waals surface area contributed by atoms with Gasteiger partial charge in [-0.25, -0.2) is 4.39 Å². The van der Waals surface area contributed by atoms with Crippen LogP contribution in [0.3, 0.4) is 0 Å². The molecule has 2 heterocycles. The number of morpholine rings is 1. The number of halogens is 3. The third-order valence-corrected chi connectivity index (χ3v) is 6.62. The molecule has 0 spiro atoms. The summed E-state index contributed by atoms with van der Waals surface area (Å²) in [7, 11) is 0. The maximum absolute atomic E-state index is 14.6. The summed E-state index contributed by atoms with van der Waals surface area (Å²) in [6.45, 7) is 5.78. The normalized spacial score (nSPS) is 25.3. The minimum Gasteiger partial charge on any atom is -0.379 e. The van der Waals surface area contributed by atoms with E-state index in [1.807, 2.05) is 6.07 Å². The van der Waals surface area contributed by atoms with E-state index in [0.717, 1.165) is 58.7 Å². The van der Waals surface area contributed by atoms with E-state index in [-0.39, 0.29) is 47.6 Å². The predicted octanol–water partition coefficient (Wildman–Crippen LogP) is 3.95. The highest BCUT2D eigenvalue weighted by molar-refractivity contribution is 7.81. The first-order valence-electron chi connectivity index (χ1n) is 10.3. The third-order valence-electron chi connectivity index (χ3n) is 6.03. The second-order valence-corrected chi connectivity index (χ2v) is 8.69. The smallest absolute Gasteiger partial charge is 0.157 e. The summed E-state index contributed by atoms with van der Waals surface area (Å²) >= 11 is 4.78. The first-order chi connectivity index (χ1) is 13.6. The van der Waals surface area contributed by atoms with Crippen molar-refractivity contribution in [3.8, 4) is 0 Å². The molecule has 2 aliphatic heterocycles. The van der Waals surface area contributed by atoms with Crippen LogP contribution in [0.4, 0.5) is 4.39 Å². The number of thiol groups is 1. The Bertz CT molecular complexity index is 742. The number of carbonyl (C=O) groups excluding carboxylic acids is 1. The molecular formula is C22H31Cl2FN2O2S. The van der Waals surface area contributed by atoms with Gasteiger partial charge in [-0.2, -0.15) is 12.6 Å². The fraction of sp³-hybridized carbons (Fsp3) is 0.591. The molecule has 8 heteroatoms. The zero-order valence-corrected chi connectivity index (χ0v) is 19.6. The maximum Gasteiger partial charge on any atom is 0.157 e. The summed E-state index contributed by atoms with van der Waals surface area (Å²) in [5.41, 5.74) is 1.76. The van der Waals surface area contributed by atoms with Crippen LogP contribution in [0.2, 0.25) is 0 Å². The summed E-state index contributed by atoms with van der Waals surface area (Å²) in [6.07, 6.45) is 5.01. The Labute approximate surface area is 196 Å². The topological polar surface area (TPSA) is 32.8 Å². The van der Waals surface area contributed by atoms with Crippen molar-refractivity contribution in [2.75, 3.05) is 45.9 Å². The molecule has 3 fully saturated rings. The average Bonchev–Trinajstić information content (AvgIpc) is 3.56. The molecule has 1 saturated carbocycles. The number of nitrogens with zero attached hydrogens (tertiary/aromatic N) is 2. The van der Waals surface area contributed by atoms with Crippen LogP contribution in [0.25, 0.3) is 0 Å². The lowest BCUT2D eigenvalue weighted by molar-refractivity contribution is -0.126. The number of Topliss-reactive ketones (excluding diaryl/α,β-unsaturated/α-hetero) is 1. The molecule has 0 radical (unpaired) electrons. The highest BCUT2D eigenvalue weighted by Crippen LogP contribution is 2.39. The van der Waals surface area contributed by atoms with Crippen molar-refractivity contribution in [3.05, 3.63) is 47.3 Å². The van der Waals surface area contributed by atoms with Crippen LogP contribution in [0.1, 0.15) is 30.9 Å². The van der Waals surface area contributed by atoms with Crippen molar-refractivity contribution in [3.63, 3.8) is 0 Å². The van der Waals surface area contributed by atoms with Crippen LogP contribution in [0.15, 0.2) is 35.9 Å². The minimum absolute atomic E-state index is 0. The second kappa shape index (κ2) is 11.8. The lowest BCUT2D eigenvalue weighted by Crippen LogP contribution is -2.43. The zero-order chi connectivity index (χ0) is 19.5. The average molecular weight is 477 g/mol. The summed E-state index contributed by atoms with van der Waals surface area (Å²) in [5.74, 6) is -0.0114. The first-order valence-corrected chi connectivity index (χ1v) is 10.8. The van der Waals surface area contributed by atoms with Crippen molar-refractivity contribution in [1.29, 1.82) is 0 Å². The van der Waals surface area contributed by atoms with Crippen molar-refractivity contribution in [2.45, 2.75) is 30.6 Å². The summed E-state index contributed by atoms with van der Waals surface area (Å²) < 4.78 is 20.0. The molecule has 0 N–H and O–H groups in total. The largest absolute Gasteiger partial charge is 0.379 e. The molecule has 2 unspecified atom stereocenters. The van der Waals surface area contributed by atoms with E-state index in [4.69, 9.17) is 17.4 Å². The van der Waals surface area contributed by atoms with E-state index in [9.17, 15) is 9.18 Å². The highest BCUT2D eigenvalue weighted by Gasteiger charge is 2.40. The number of hydrogen-bond donors (Lipinski definition) is 1. The molecule has 0 aromatic heterocycles. The molecule has 1 aromatic carbocycles. The van der Waals surface area contributed by atoms with E-state index in [1.54, 1.807) is 12.1 Å². The summed E-state index contributed by atoms with van der Waals surface area (Å²) in [4.78, 5) is 17.6. The number of benzene rings is 1. The van der Waals surface area contributed by atoms with Crippen molar-refractivity contribution in [1.82, 2.24) is 9.80 Å². The number of hydrogen-bond acceptors (Lipinski definition) is 5. The molecule has 1 aromatic rings. The minimum atomic E-state index is -0.485. The van der Waals surface area contributed by atoms with Crippen LogP contribution in [0.5, 0.6) is 0 Å². The Kier molecular flexibility index (Phi) is 10.1. The molecule has 2 saturated heterocycles. The molecule has 168 valence electrons. The number of ketones is 1. The van der Waals surface area contributed by atoms with Gasteiger partial charge in [0.05, 0.1) is 19.3 Å².